The smallest absolute Gasteiger partial charge is 0.137 e. The van der Waals surface area contributed by atoms with Crippen LogP contribution in [0, 0.1) is 5.82 Å². The molecule has 0 amide bonds. The van der Waals surface area contributed by atoms with E-state index in [1.165, 1.54) is 17.8 Å². The molecule has 2 nitrogen and oxygen atoms in total. The minimum absolute atomic E-state index is 0.236. The Bertz CT molecular complexity index is 376. The standard InChI is InChI=1S/C13H17FO2S/c1-9(15)11-3-2-4-12(14)13(11)17-10-5-7-16-8-6-10/h2-4,9-10,15H,5-8H2,1H3. The van der Waals surface area contributed by atoms with Crippen molar-refractivity contribution in [1.82, 2.24) is 0 Å². The van der Waals surface area contributed by atoms with Crippen LogP contribution in [-0.4, -0.2) is 23.6 Å². The largest absolute Gasteiger partial charge is 0.389 e. The predicted molar refractivity (Wildman–Crippen MR) is 66.7 cm³/mol. The van der Waals surface area contributed by atoms with E-state index in [-0.39, 0.29) is 5.82 Å². The molecule has 0 aliphatic carbocycles. The van der Waals surface area contributed by atoms with Crippen LogP contribution < -0.4 is 0 Å². The molecule has 1 aromatic carbocycles. The molecular formula is C13H17FO2S. The van der Waals surface area contributed by atoms with E-state index in [1.807, 2.05) is 0 Å². The lowest BCUT2D eigenvalue weighted by molar-refractivity contribution is 0.1000. The molecule has 1 fully saturated rings. The molecule has 1 aliphatic rings. The van der Waals surface area contributed by atoms with E-state index in [0.29, 0.717) is 15.7 Å². The Morgan fingerprint density at radius 2 is 2.12 bits per heavy atom. The van der Waals surface area contributed by atoms with Crippen LogP contribution in [0.1, 0.15) is 31.4 Å². The Hall–Kier alpha value is -0.580. The van der Waals surface area contributed by atoms with Gasteiger partial charge in [0.25, 0.3) is 0 Å². The number of benzene rings is 1. The van der Waals surface area contributed by atoms with Gasteiger partial charge in [0.2, 0.25) is 0 Å². The Morgan fingerprint density at radius 1 is 1.41 bits per heavy atom. The van der Waals surface area contributed by atoms with Gasteiger partial charge in [0.05, 0.1) is 6.10 Å². The highest BCUT2D eigenvalue weighted by Gasteiger charge is 2.20. The quantitative estimate of drug-likeness (QED) is 0.901. The molecule has 1 unspecified atom stereocenters. The molecule has 1 aliphatic heterocycles. The van der Waals surface area contributed by atoms with Crippen molar-refractivity contribution in [3.8, 4) is 0 Å². The van der Waals surface area contributed by atoms with Crippen molar-refractivity contribution in [2.24, 2.45) is 0 Å². The lowest BCUT2D eigenvalue weighted by Gasteiger charge is -2.23. The van der Waals surface area contributed by atoms with Gasteiger partial charge < -0.3 is 9.84 Å². The zero-order valence-electron chi connectivity index (χ0n) is 9.86. The topological polar surface area (TPSA) is 29.5 Å². The Kier molecular flexibility index (Phi) is 4.42. The first kappa shape index (κ1) is 12.9. The van der Waals surface area contributed by atoms with Crippen LogP contribution in [-0.2, 0) is 4.74 Å². The zero-order chi connectivity index (χ0) is 12.3. The van der Waals surface area contributed by atoms with Crippen molar-refractivity contribution < 1.29 is 14.2 Å². The number of ether oxygens (including phenoxy) is 1. The highest BCUT2D eigenvalue weighted by molar-refractivity contribution is 8.00. The summed E-state index contributed by atoms with van der Waals surface area (Å²) in [5.74, 6) is -0.236. The van der Waals surface area contributed by atoms with Crippen LogP contribution in [0.15, 0.2) is 23.1 Å². The number of aliphatic hydroxyl groups is 1. The van der Waals surface area contributed by atoms with Crippen molar-refractivity contribution >= 4 is 11.8 Å². The Labute approximate surface area is 105 Å². The SMILES string of the molecule is CC(O)c1cccc(F)c1SC1CCOCC1. The zero-order valence-corrected chi connectivity index (χ0v) is 10.7. The molecular weight excluding hydrogens is 239 g/mol. The summed E-state index contributed by atoms with van der Waals surface area (Å²) in [6.07, 6.45) is 1.25. The van der Waals surface area contributed by atoms with Gasteiger partial charge in [-0.25, -0.2) is 4.39 Å². The maximum absolute atomic E-state index is 13.8. The van der Waals surface area contributed by atoms with Gasteiger partial charge in [-0.05, 0) is 31.4 Å². The van der Waals surface area contributed by atoms with Gasteiger partial charge in [-0.1, -0.05) is 12.1 Å². The van der Waals surface area contributed by atoms with Crippen molar-refractivity contribution in [1.29, 1.82) is 0 Å². The van der Waals surface area contributed by atoms with Gasteiger partial charge in [-0.2, -0.15) is 0 Å². The van der Waals surface area contributed by atoms with Gasteiger partial charge in [0, 0.05) is 23.4 Å². The van der Waals surface area contributed by atoms with Crippen molar-refractivity contribution in [2.75, 3.05) is 13.2 Å². The van der Waals surface area contributed by atoms with Crippen molar-refractivity contribution in [3.05, 3.63) is 29.6 Å². The summed E-state index contributed by atoms with van der Waals surface area (Å²) < 4.78 is 19.1. The van der Waals surface area contributed by atoms with Crippen molar-refractivity contribution in [2.45, 2.75) is 36.0 Å². The summed E-state index contributed by atoms with van der Waals surface area (Å²) in [5, 5.41) is 10.0. The van der Waals surface area contributed by atoms with E-state index in [4.69, 9.17) is 4.74 Å². The van der Waals surface area contributed by atoms with Gasteiger partial charge in [-0.15, -0.1) is 11.8 Å². The van der Waals surface area contributed by atoms with Crippen LogP contribution in [0.5, 0.6) is 0 Å². The first-order chi connectivity index (χ1) is 8.18. The number of halogens is 1. The summed E-state index contributed by atoms with van der Waals surface area (Å²) in [7, 11) is 0. The molecule has 0 aromatic heterocycles. The molecule has 0 saturated carbocycles. The Balaban J connectivity index is 2.18. The summed E-state index contributed by atoms with van der Waals surface area (Å²) in [6.45, 7) is 3.16. The van der Waals surface area contributed by atoms with Crippen LogP contribution in [0.3, 0.4) is 0 Å². The fourth-order valence-electron chi connectivity index (χ4n) is 1.94. The van der Waals surface area contributed by atoms with Crippen LogP contribution in [0.25, 0.3) is 0 Å². The van der Waals surface area contributed by atoms with E-state index in [2.05, 4.69) is 0 Å². The molecule has 94 valence electrons. The average molecular weight is 256 g/mol. The molecule has 1 atom stereocenters. The molecule has 1 saturated heterocycles. The minimum atomic E-state index is -0.631. The molecule has 2 rings (SSSR count). The monoisotopic (exact) mass is 256 g/mol. The second kappa shape index (κ2) is 5.85. The first-order valence-electron chi connectivity index (χ1n) is 5.89. The van der Waals surface area contributed by atoms with Crippen LogP contribution in [0.4, 0.5) is 4.39 Å². The van der Waals surface area contributed by atoms with Gasteiger partial charge in [0.1, 0.15) is 5.82 Å². The number of hydrogen-bond acceptors (Lipinski definition) is 3. The lowest BCUT2D eigenvalue weighted by Crippen LogP contribution is -2.17. The fraction of sp³-hybridized carbons (Fsp3) is 0.538. The third-order valence-electron chi connectivity index (χ3n) is 2.90. The highest BCUT2D eigenvalue weighted by atomic mass is 32.2. The Morgan fingerprint density at radius 3 is 2.76 bits per heavy atom. The molecule has 4 heteroatoms. The van der Waals surface area contributed by atoms with Gasteiger partial charge in [0.15, 0.2) is 0 Å². The molecule has 1 aromatic rings. The first-order valence-corrected chi connectivity index (χ1v) is 6.77. The summed E-state index contributed by atoms with van der Waals surface area (Å²) in [4.78, 5) is 0.592. The lowest BCUT2D eigenvalue weighted by atomic mass is 10.1. The number of hydrogen-bond donors (Lipinski definition) is 1. The normalized spacial score (nSPS) is 19.2. The second-order valence-corrected chi connectivity index (χ2v) is 5.57. The third kappa shape index (κ3) is 3.21. The fourth-order valence-corrected chi connectivity index (χ4v) is 3.26. The summed E-state index contributed by atoms with van der Waals surface area (Å²) in [5.41, 5.74) is 0.682. The van der Waals surface area contributed by atoms with E-state index in [9.17, 15) is 9.50 Å². The van der Waals surface area contributed by atoms with Gasteiger partial charge >= 0.3 is 0 Å². The summed E-state index contributed by atoms with van der Waals surface area (Å²) in [6, 6.07) is 4.88. The molecule has 1 N–H and O–H groups in total. The van der Waals surface area contributed by atoms with E-state index in [1.54, 1.807) is 19.1 Å². The molecule has 0 spiro atoms. The summed E-state index contributed by atoms with van der Waals surface area (Å²) >= 11 is 1.53. The molecule has 1 heterocycles. The molecule has 0 bridgehead atoms. The predicted octanol–water partition coefficient (Wildman–Crippen LogP) is 3.15. The van der Waals surface area contributed by atoms with E-state index in [0.717, 1.165) is 26.1 Å². The average Bonchev–Trinajstić information content (AvgIpc) is 2.33. The minimum Gasteiger partial charge on any atom is -0.389 e. The van der Waals surface area contributed by atoms with E-state index >= 15 is 0 Å². The number of thioether (sulfide) groups is 1. The number of rotatable bonds is 3. The van der Waals surface area contributed by atoms with Crippen molar-refractivity contribution in [3.63, 3.8) is 0 Å². The molecule has 17 heavy (non-hydrogen) atoms. The van der Waals surface area contributed by atoms with Gasteiger partial charge in [-0.3, -0.25) is 0 Å². The second-order valence-electron chi connectivity index (χ2n) is 4.26. The third-order valence-corrected chi connectivity index (χ3v) is 4.37. The highest BCUT2D eigenvalue weighted by Crippen LogP contribution is 2.36. The molecule has 0 radical (unpaired) electrons. The van der Waals surface area contributed by atoms with Crippen LogP contribution >= 0.6 is 11.8 Å². The number of aliphatic hydroxyl groups excluding tert-OH is 1. The maximum atomic E-state index is 13.8. The van der Waals surface area contributed by atoms with E-state index < -0.39 is 6.10 Å². The van der Waals surface area contributed by atoms with Crippen LogP contribution in [0.2, 0.25) is 0 Å². The maximum Gasteiger partial charge on any atom is 0.137 e.